The summed E-state index contributed by atoms with van der Waals surface area (Å²) >= 11 is 15.5. The van der Waals surface area contributed by atoms with Crippen molar-refractivity contribution in [3.8, 4) is 0 Å². The summed E-state index contributed by atoms with van der Waals surface area (Å²) in [5.41, 5.74) is 1.50. The third-order valence-corrected chi connectivity index (χ3v) is 4.09. The molecule has 0 spiro atoms. The van der Waals surface area contributed by atoms with E-state index in [0.717, 1.165) is 11.6 Å². The lowest BCUT2D eigenvalue weighted by Gasteiger charge is -2.13. The molecule has 0 aliphatic carbocycles. The zero-order chi connectivity index (χ0) is 14.0. The molecular weight excluding hydrogens is 357 g/mol. The third-order valence-electron chi connectivity index (χ3n) is 2.69. The lowest BCUT2D eigenvalue weighted by Crippen LogP contribution is -1.98. The molecule has 0 saturated carbocycles. The first kappa shape index (κ1) is 14.8. The third kappa shape index (κ3) is 3.68. The normalized spacial score (nSPS) is 12.5. The van der Waals surface area contributed by atoms with Crippen molar-refractivity contribution < 1.29 is 8.78 Å². The van der Waals surface area contributed by atoms with Crippen LogP contribution in [0.5, 0.6) is 0 Å². The van der Waals surface area contributed by atoms with Gasteiger partial charge in [-0.25, -0.2) is 8.78 Å². The molecule has 0 amide bonds. The maximum Gasteiger partial charge on any atom is 0.159 e. The molecule has 1 unspecified atom stereocenters. The molecule has 0 aliphatic rings. The summed E-state index contributed by atoms with van der Waals surface area (Å²) < 4.78 is 26.0. The van der Waals surface area contributed by atoms with Gasteiger partial charge in [0.2, 0.25) is 0 Å². The van der Waals surface area contributed by atoms with Crippen LogP contribution < -0.4 is 0 Å². The Labute approximate surface area is 128 Å². The molecule has 5 heteroatoms. The Morgan fingerprint density at radius 1 is 1.00 bits per heavy atom. The van der Waals surface area contributed by atoms with E-state index in [1.807, 2.05) is 0 Å². The van der Waals surface area contributed by atoms with Gasteiger partial charge in [0.15, 0.2) is 11.6 Å². The Hall–Kier alpha value is -0.640. The maximum atomic E-state index is 13.1. The molecule has 0 N–H and O–H groups in total. The highest BCUT2D eigenvalue weighted by molar-refractivity contribution is 9.09. The lowest BCUT2D eigenvalue weighted by atomic mass is 10.0. The summed E-state index contributed by atoms with van der Waals surface area (Å²) in [5.74, 6) is -1.70. The van der Waals surface area contributed by atoms with Crippen LogP contribution in [0.15, 0.2) is 36.4 Å². The second kappa shape index (κ2) is 6.21. The number of alkyl halides is 1. The van der Waals surface area contributed by atoms with Crippen molar-refractivity contribution in [2.75, 3.05) is 0 Å². The molecule has 0 saturated heterocycles. The first-order valence-electron chi connectivity index (χ1n) is 5.50. The van der Waals surface area contributed by atoms with Crippen molar-refractivity contribution in [3.05, 3.63) is 69.2 Å². The highest BCUT2D eigenvalue weighted by atomic mass is 79.9. The van der Waals surface area contributed by atoms with Crippen LogP contribution in [0.2, 0.25) is 10.0 Å². The fourth-order valence-corrected chi connectivity index (χ4v) is 3.05. The van der Waals surface area contributed by atoms with E-state index in [-0.39, 0.29) is 4.83 Å². The van der Waals surface area contributed by atoms with Crippen LogP contribution in [0.4, 0.5) is 8.78 Å². The molecule has 0 nitrogen and oxygen atoms in total. The quantitative estimate of drug-likeness (QED) is 0.589. The summed E-state index contributed by atoms with van der Waals surface area (Å²) in [6, 6.07) is 9.00. The minimum absolute atomic E-state index is 0.122. The van der Waals surface area contributed by atoms with E-state index >= 15 is 0 Å². The van der Waals surface area contributed by atoms with Crippen LogP contribution >= 0.6 is 39.1 Å². The van der Waals surface area contributed by atoms with Gasteiger partial charge in [-0.1, -0.05) is 45.2 Å². The molecule has 2 aromatic rings. The van der Waals surface area contributed by atoms with E-state index in [1.54, 1.807) is 24.3 Å². The smallest absolute Gasteiger partial charge is 0.159 e. The largest absolute Gasteiger partial charge is 0.204 e. The SMILES string of the molecule is Fc1ccc(CC(Br)c2cc(Cl)ccc2Cl)cc1F. The fraction of sp³-hybridized carbons (Fsp3) is 0.143. The Bertz CT molecular complexity index is 602. The Morgan fingerprint density at radius 2 is 1.74 bits per heavy atom. The first-order valence-corrected chi connectivity index (χ1v) is 7.17. The van der Waals surface area contributed by atoms with Crippen LogP contribution in [0.3, 0.4) is 0 Å². The Kier molecular flexibility index (Phi) is 4.82. The maximum absolute atomic E-state index is 13.1. The first-order chi connectivity index (χ1) is 8.97. The molecule has 1 atom stereocenters. The van der Waals surface area contributed by atoms with Crippen LogP contribution in [0, 0.1) is 11.6 Å². The van der Waals surface area contributed by atoms with E-state index in [0.29, 0.717) is 22.0 Å². The molecule has 0 bridgehead atoms. The zero-order valence-corrected chi connectivity index (χ0v) is 12.7. The van der Waals surface area contributed by atoms with Gasteiger partial charge in [-0.2, -0.15) is 0 Å². The predicted octanol–water partition coefficient (Wildman–Crippen LogP) is 5.95. The second-order valence-electron chi connectivity index (χ2n) is 4.09. The number of benzene rings is 2. The van der Waals surface area contributed by atoms with Gasteiger partial charge in [-0.3, -0.25) is 0 Å². The van der Waals surface area contributed by atoms with Gasteiger partial charge >= 0.3 is 0 Å². The van der Waals surface area contributed by atoms with Crippen molar-refractivity contribution in [2.45, 2.75) is 11.2 Å². The molecule has 0 aliphatic heterocycles. The van der Waals surface area contributed by atoms with Gasteiger partial charge in [-0.05, 0) is 47.9 Å². The summed E-state index contributed by atoms with van der Waals surface area (Å²) in [6.07, 6.45) is 0.483. The van der Waals surface area contributed by atoms with E-state index in [9.17, 15) is 8.78 Å². The van der Waals surface area contributed by atoms with Gasteiger partial charge < -0.3 is 0 Å². The van der Waals surface area contributed by atoms with Crippen LogP contribution in [0.1, 0.15) is 16.0 Å². The van der Waals surface area contributed by atoms with Crippen molar-refractivity contribution in [1.82, 2.24) is 0 Å². The van der Waals surface area contributed by atoms with Gasteiger partial charge in [0, 0.05) is 14.9 Å². The fourth-order valence-electron chi connectivity index (χ4n) is 1.74. The summed E-state index contributed by atoms with van der Waals surface area (Å²) in [7, 11) is 0. The highest BCUT2D eigenvalue weighted by Gasteiger charge is 2.14. The molecule has 2 rings (SSSR count). The number of hydrogen-bond donors (Lipinski definition) is 0. The number of hydrogen-bond acceptors (Lipinski definition) is 0. The van der Waals surface area contributed by atoms with E-state index in [4.69, 9.17) is 23.2 Å². The lowest BCUT2D eigenvalue weighted by molar-refractivity contribution is 0.507. The minimum atomic E-state index is -0.852. The zero-order valence-electron chi connectivity index (χ0n) is 9.64. The predicted molar refractivity (Wildman–Crippen MR) is 78.2 cm³/mol. The van der Waals surface area contributed by atoms with Gasteiger partial charge in [-0.15, -0.1) is 0 Å². The molecule has 19 heavy (non-hydrogen) atoms. The van der Waals surface area contributed by atoms with Crippen LogP contribution in [-0.4, -0.2) is 0 Å². The van der Waals surface area contributed by atoms with E-state index in [2.05, 4.69) is 15.9 Å². The topological polar surface area (TPSA) is 0 Å². The van der Waals surface area contributed by atoms with Crippen molar-refractivity contribution >= 4 is 39.1 Å². The van der Waals surface area contributed by atoms with E-state index < -0.39 is 11.6 Å². The number of rotatable bonds is 3. The average Bonchev–Trinajstić information content (AvgIpc) is 2.36. The average molecular weight is 366 g/mol. The van der Waals surface area contributed by atoms with Gasteiger partial charge in [0.1, 0.15) is 0 Å². The number of halogens is 5. The molecule has 2 aromatic carbocycles. The summed E-state index contributed by atoms with van der Waals surface area (Å²) in [6.45, 7) is 0. The summed E-state index contributed by atoms with van der Waals surface area (Å²) in [4.78, 5) is -0.122. The van der Waals surface area contributed by atoms with Gasteiger partial charge in [0.05, 0.1) is 0 Å². The summed E-state index contributed by atoms with van der Waals surface area (Å²) in [5, 5.41) is 1.16. The Balaban J connectivity index is 2.22. The molecule has 100 valence electrons. The van der Waals surface area contributed by atoms with Crippen molar-refractivity contribution in [2.24, 2.45) is 0 Å². The molecule has 0 heterocycles. The molecule has 0 aromatic heterocycles. The van der Waals surface area contributed by atoms with E-state index in [1.165, 1.54) is 6.07 Å². The molecule has 0 fully saturated rings. The molecular formula is C14H9BrCl2F2. The van der Waals surface area contributed by atoms with Crippen molar-refractivity contribution in [3.63, 3.8) is 0 Å². The minimum Gasteiger partial charge on any atom is -0.204 e. The van der Waals surface area contributed by atoms with Gasteiger partial charge in [0.25, 0.3) is 0 Å². The van der Waals surface area contributed by atoms with Crippen LogP contribution in [0.25, 0.3) is 0 Å². The van der Waals surface area contributed by atoms with Crippen molar-refractivity contribution in [1.29, 1.82) is 0 Å². The Morgan fingerprint density at radius 3 is 2.42 bits per heavy atom. The van der Waals surface area contributed by atoms with Crippen LogP contribution in [-0.2, 0) is 6.42 Å². The second-order valence-corrected chi connectivity index (χ2v) is 6.03. The highest BCUT2D eigenvalue weighted by Crippen LogP contribution is 2.34. The monoisotopic (exact) mass is 364 g/mol. The molecule has 0 radical (unpaired) electrons. The standard InChI is InChI=1S/C14H9BrCl2F2/c15-11(10-7-9(16)2-3-12(10)17)5-8-1-4-13(18)14(19)6-8/h1-4,6-7,11H,5H2.